The first-order chi connectivity index (χ1) is 9.99. The number of nitrogens with zero attached hydrogens (tertiary/aromatic N) is 2. The van der Waals surface area contributed by atoms with Crippen molar-refractivity contribution in [3.05, 3.63) is 35.4 Å². The molecule has 1 amide bonds. The molecule has 1 heterocycles. The highest BCUT2D eigenvalue weighted by Gasteiger charge is 2.26. The Morgan fingerprint density at radius 3 is 2.38 bits per heavy atom. The molecule has 116 valence electrons. The normalized spacial score (nSPS) is 19.9. The molecule has 2 unspecified atom stereocenters. The monoisotopic (exact) mass is 289 g/mol. The molecule has 1 saturated heterocycles. The zero-order valence-corrected chi connectivity index (χ0v) is 13.4. The third-order valence-corrected chi connectivity index (χ3v) is 4.29. The SMILES string of the molecule is CC(=O)N1CCCN(C(c2ccc(C)cc2)C(C)N)CC1. The Morgan fingerprint density at radius 1 is 1.14 bits per heavy atom. The first kappa shape index (κ1) is 16.0. The molecule has 21 heavy (non-hydrogen) atoms. The molecular weight excluding hydrogens is 262 g/mol. The molecule has 0 aliphatic carbocycles. The van der Waals surface area contributed by atoms with Gasteiger partial charge in [-0.2, -0.15) is 0 Å². The van der Waals surface area contributed by atoms with E-state index in [1.165, 1.54) is 11.1 Å². The van der Waals surface area contributed by atoms with Gasteiger partial charge < -0.3 is 10.6 Å². The lowest BCUT2D eigenvalue weighted by atomic mass is 9.98. The highest BCUT2D eigenvalue weighted by atomic mass is 16.2. The van der Waals surface area contributed by atoms with Gasteiger partial charge in [-0.15, -0.1) is 0 Å². The lowest BCUT2D eigenvalue weighted by Crippen LogP contribution is -2.41. The van der Waals surface area contributed by atoms with E-state index in [0.29, 0.717) is 0 Å². The summed E-state index contributed by atoms with van der Waals surface area (Å²) in [4.78, 5) is 15.9. The summed E-state index contributed by atoms with van der Waals surface area (Å²) in [7, 11) is 0. The van der Waals surface area contributed by atoms with Crippen LogP contribution in [0.25, 0.3) is 0 Å². The van der Waals surface area contributed by atoms with E-state index in [4.69, 9.17) is 5.73 Å². The van der Waals surface area contributed by atoms with Crippen molar-refractivity contribution in [1.82, 2.24) is 9.80 Å². The predicted molar refractivity (Wildman–Crippen MR) is 86.0 cm³/mol. The van der Waals surface area contributed by atoms with Crippen molar-refractivity contribution in [2.75, 3.05) is 26.2 Å². The third-order valence-electron chi connectivity index (χ3n) is 4.29. The number of hydrogen-bond donors (Lipinski definition) is 1. The lowest BCUT2D eigenvalue weighted by Gasteiger charge is -2.33. The molecule has 1 aromatic carbocycles. The van der Waals surface area contributed by atoms with Gasteiger partial charge in [-0.3, -0.25) is 9.69 Å². The van der Waals surface area contributed by atoms with E-state index in [1.807, 2.05) is 4.90 Å². The molecule has 0 radical (unpaired) electrons. The lowest BCUT2D eigenvalue weighted by molar-refractivity contribution is -0.128. The minimum Gasteiger partial charge on any atom is -0.342 e. The maximum atomic E-state index is 11.6. The van der Waals surface area contributed by atoms with Crippen molar-refractivity contribution in [2.24, 2.45) is 5.73 Å². The molecule has 0 bridgehead atoms. The third kappa shape index (κ3) is 4.05. The molecule has 4 heteroatoms. The first-order valence-electron chi connectivity index (χ1n) is 7.80. The molecule has 1 fully saturated rings. The number of benzene rings is 1. The van der Waals surface area contributed by atoms with E-state index in [9.17, 15) is 4.79 Å². The van der Waals surface area contributed by atoms with Crippen LogP contribution in [0.2, 0.25) is 0 Å². The van der Waals surface area contributed by atoms with E-state index in [-0.39, 0.29) is 18.0 Å². The number of carbonyl (C=O) groups excluding carboxylic acids is 1. The van der Waals surface area contributed by atoms with Crippen molar-refractivity contribution >= 4 is 5.91 Å². The van der Waals surface area contributed by atoms with Gasteiger partial charge >= 0.3 is 0 Å². The maximum Gasteiger partial charge on any atom is 0.219 e. The highest BCUT2D eigenvalue weighted by Crippen LogP contribution is 2.25. The van der Waals surface area contributed by atoms with Crippen molar-refractivity contribution < 1.29 is 4.79 Å². The summed E-state index contributed by atoms with van der Waals surface area (Å²) < 4.78 is 0. The largest absolute Gasteiger partial charge is 0.342 e. The summed E-state index contributed by atoms with van der Waals surface area (Å²) in [5, 5.41) is 0. The van der Waals surface area contributed by atoms with Crippen LogP contribution >= 0.6 is 0 Å². The number of carbonyl (C=O) groups is 1. The average molecular weight is 289 g/mol. The van der Waals surface area contributed by atoms with Gasteiger partial charge in [-0.25, -0.2) is 0 Å². The summed E-state index contributed by atoms with van der Waals surface area (Å²) in [6.07, 6.45) is 1.01. The Hall–Kier alpha value is -1.39. The number of nitrogens with two attached hydrogens (primary N) is 1. The fourth-order valence-corrected chi connectivity index (χ4v) is 3.14. The van der Waals surface area contributed by atoms with E-state index < -0.39 is 0 Å². The Kier molecular flexibility index (Phi) is 5.37. The number of rotatable bonds is 3. The van der Waals surface area contributed by atoms with Crippen LogP contribution < -0.4 is 5.73 Å². The molecular formula is C17H27N3O. The summed E-state index contributed by atoms with van der Waals surface area (Å²) in [6.45, 7) is 9.34. The summed E-state index contributed by atoms with van der Waals surface area (Å²) in [5.74, 6) is 0.171. The molecule has 1 aliphatic heterocycles. The standard InChI is InChI=1S/C17H27N3O/c1-13-5-7-16(8-6-13)17(14(2)18)20-10-4-9-19(11-12-20)15(3)21/h5-8,14,17H,4,9-12,18H2,1-3H3. The van der Waals surface area contributed by atoms with Crippen LogP contribution in [-0.4, -0.2) is 47.9 Å². The van der Waals surface area contributed by atoms with Gasteiger partial charge in [0, 0.05) is 45.2 Å². The van der Waals surface area contributed by atoms with Crippen LogP contribution in [0.3, 0.4) is 0 Å². The molecule has 4 nitrogen and oxygen atoms in total. The fraction of sp³-hybridized carbons (Fsp3) is 0.588. The molecule has 1 aliphatic rings. The number of aryl methyl sites for hydroxylation is 1. The predicted octanol–water partition coefficient (Wildman–Crippen LogP) is 1.94. The number of amides is 1. The maximum absolute atomic E-state index is 11.6. The highest BCUT2D eigenvalue weighted by molar-refractivity contribution is 5.73. The van der Waals surface area contributed by atoms with Crippen molar-refractivity contribution in [3.63, 3.8) is 0 Å². The van der Waals surface area contributed by atoms with Crippen LogP contribution in [0.5, 0.6) is 0 Å². The zero-order valence-electron chi connectivity index (χ0n) is 13.4. The topological polar surface area (TPSA) is 49.6 Å². The minimum atomic E-state index is 0.0663. The molecule has 2 rings (SSSR count). The van der Waals surface area contributed by atoms with E-state index in [0.717, 1.165) is 32.6 Å². The van der Waals surface area contributed by atoms with Gasteiger partial charge in [0.25, 0.3) is 0 Å². The second-order valence-electron chi connectivity index (χ2n) is 6.11. The molecule has 2 atom stereocenters. The first-order valence-corrected chi connectivity index (χ1v) is 7.80. The molecule has 0 saturated carbocycles. The summed E-state index contributed by atoms with van der Waals surface area (Å²) in [5.41, 5.74) is 8.80. The summed E-state index contributed by atoms with van der Waals surface area (Å²) in [6, 6.07) is 8.93. The average Bonchev–Trinajstić information content (AvgIpc) is 2.67. The Labute approximate surface area is 127 Å². The molecule has 2 N–H and O–H groups in total. The van der Waals surface area contributed by atoms with Crippen molar-refractivity contribution in [1.29, 1.82) is 0 Å². The van der Waals surface area contributed by atoms with Crippen LogP contribution in [0.15, 0.2) is 24.3 Å². The number of hydrogen-bond acceptors (Lipinski definition) is 3. The quantitative estimate of drug-likeness (QED) is 0.925. The van der Waals surface area contributed by atoms with Crippen molar-refractivity contribution in [2.45, 2.75) is 39.3 Å². The molecule has 1 aromatic rings. The Morgan fingerprint density at radius 2 is 1.81 bits per heavy atom. The van der Waals surface area contributed by atoms with Gasteiger partial charge in [0.2, 0.25) is 5.91 Å². The molecule has 0 aromatic heterocycles. The zero-order chi connectivity index (χ0) is 15.4. The van der Waals surface area contributed by atoms with Crippen LogP contribution in [0.4, 0.5) is 0 Å². The second kappa shape index (κ2) is 7.05. The van der Waals surface area contributed by atoms with E-state index >= 15 is 0 Å². The van der Waals surface area contributed by atoms with Crippen LogP contribution in [-0.2, 0) is 4.79 Å². The van der Waals surface area contributed by atoms with Crippen molar-refractivity contribution in [3.8, 4) is 0 Å². The molecule has 0 spiro atoms. The van der Waals surface area contributed by atoms with Crippen LogP contribution in [0, 0.1) is 6.92 Å². The van der Waals surface area contributed by atoms with Gasteiger partial charge in [-0.05, 0) is 25.8 Å². The van der Waals surface area contributed by atoms with Gasteiger partial charge in [0.05, 0.1) is 0 Å². The van der Waals surface area contributed by atoms with Crippen LogP contribution in [0.1, 0.15) is 37.4 Å². The van der Waals surface area contributed by atoms with Gasteiger partial charge in [0.1, 0.15) is 0 Å². The second-order valence-corrected chi connectivity index (χ2v) is 6.11. The fourth-order valence-electron chi connectivity index (χ4n) is 3.14. The Balaban J connectivity index is 2.15. The smallest absolute Gasteiger partial charge is 0.219 e. The van der Waals surface area contributed by atoms with Gasteiger partial charge in [0.15, 0.2) is 0 Å². The van der Waals surface area contributed by atoms with E-state index in [2.05, 4.69) is 43.0 Å². The van der Waals surface area contributed by atoms with Gasteiger partial charge in [-0.1, -0.05) is 29.8 Å². The Bertz CT molecular complexity index is 469. The van der Waals surface area contributed by atoms with E-state index in [1.54, 1.807) is 6.92 Å². The summed E-state index contributed by atoms with van der Waals surface area (Å²) >= 11 is 0. The minimum absolute atomic E-state index is 0.0663.